The van der Waals surface area contributed by atoms with E-state index in [0.29, 0.717) is 13.0 Å². The lowest BCUT2D eigenvalue weighted by molar-refractivity contribution is -0.138. The molecule has 1 aliphatic rings. The highest BCUT2D eigenvalue weighted by Gasteiger charge is 2.36. The first-order valence-corrected chi connectivity index (χ1v) is 11.2. The lowest BCUT2D eigenvalue weighted by Gasteiger charge is -2.21. The Bertz CT molecular complexity index is 1210. The molecule has 3 aromatic rings. The quantitative estimate of drug-likeness (QED) is 0.313. The summed E-state index contributed by atoms with van der Waals surface area (Å²) in [5.74, 6) is -0.166. The molecule has 1 saturated heterocycles. The molecule has 178 valence electrons. The van der Waals surface area contributed by atoms with Crippen LogP contribution in [0.2, 0.25) is 0 Å². The zero-order chi connectivity index (χ0) is 24.3. The monoisotopic (exact) mass is 535 g/mol. The van der Waals surface area contributed by atoms with Gasteiger partial charge in [0.25, 0.3) is 0 Å². The molecule has 11 heteroatoms. The van der Waals surface area contributed by atoms with E-state index in [1.54, 1.807) is 17.1 Å². The lowest BCUT2D eigenvalue weighted by atomic mass is 10.1. The van der Waals surface area contributed by atoms with Crippen LogP contribution in [0, 0.1) is 5.41 Å². The molecular weight excluding hydrogens is 515 g/mol. The zero-order valence-electron chi connectivity index (χ0n) is 17.8. The van der Waals surface area contributed by atoms with Gasteiger partial charge in [-0.05, 0) is 54.8 Å². The van der Waals surface area contributed by atoms with Crippen molar-refractivity contribution in [1.82, 2.24) is 15.0 Å². The summed E-state index contributed by atoms with van der Waals surface area (Å²) in [4.78, 5) is 5.89. The number of nitrogens with two attached hydrogens (primary N) is 1. The molecule has 4 rings (SSSR count). The van der Waals surface area contributed by atoms with Crippen molar-refractivity contribution in [3.8, 4) is 17.1 Å². The molecule has 0 radical (unpaired) electrons. The van der Waals surface area contributed by atoms with Crippen LogP contribution in [0.15, 0.2) is 57.5 Å². The first-order chi connectivity index (χ1) is 16.2. The van der Waals surface area contributed by atoms with Gasteiger partial charge < -0.3 is 19.9 Å². The third kappa shape index (κ3) is 5.41. The molecule has 2 heterocycles. The van der Waals surface area contributed by atoms with Gasteiger partial charge in [-0.1, -0.05) is 39.3 Å². The van der Waals surface area contributed by atoms with Gasteiger partial charge in [0, 0.05) is 16.6 Å². The Balaban J connectivity index is 1.52. The average molecular weight is 536 g/mol. The highest BCUT2D eigenvalue weighted by atomic mass is 79.9. The number of hydrogen-bond acceptors (Lipinski definition) is 5. The highest BCUT2D eigenvalue weighted by molar-refractivity contribution is 9.10. The van der Waals surface area contributed by atoms with Crippen LogP contribution in [-0.2, 0) is 6.18 Å². The number of aromatic nitrogens is 2. The van der Waals surface area contributed by atoms with Gasteiger partial charge in [-0.25, -0.2) is 0 Å². The lowest BCUT2D eigenvalue weighted by Crippen LogP contribution is -2.35. The second kappa shape index (κ2) is 9.88. The fraction of sp³-hybridized carbons (Fsp3) is 0.261. The maximum Gasteiger partial charge on any atom is 0.419 e. The third-order valence-electron chi connectivity index (χ3n) is 5.33. The summed E-state index contributed by atoms with van der Waals surface area (Å²) in [7, 11) is 0. The van der Waals surface area contributed by atoms with E-state index in [2.05, 4.69) is 26.1 Å². The topological polar surface area (TPSA) is 101 Å². The Kier molecular flexibility index (Phi) is 6.92. The molecule has 34 heavy (non-hydrogen) atoms. The number of halogens is 4. The minimum absolute atomic E-state index is 0.0250. The van der Waals surface area contributed by atoms with Crippen LogP contribution in [0.3, 0.4) is 0 Å². The largest absolute Gasteiger partial charge is 0.489 e. The number of rotatable bonds is 6. The molecule has 3 N–H and O–H groups in total. The van der Waals surface area contributed by atoms with Crippen molar-refractivity contribution in [2.24, 2.45) is 5.73 Å². The smallest absolute Gasteiger partial charge is 0.419 e. The van der Waals surface area contributed by atoms with E-state index in [1.807, 2.05) is 24.3 Å². The maximum atomic E-state index is 13.7. The molecule has 1 unspecified atom stereocenters. The summed E-state index contributed by atoms with van der Waals surface area (Å²) in [5.41, 5.74) is 5.70. The fourth-order valence-corrected chi connectivity index (χ4v) is 4.17. The van der Waals surface area contributed by atoms with Crippen LogP contribution < -0.4 is 10.5 Å². The minimum Gasteiger partial charge on any atom is -0.489 e. The Labute approximate surface area is 202 Å². The van der Waals surface area contributed by atoms with E-state index in [1.165, 1.54) is 12.1 Å². The number of alkyl halides is 3. The molecule has 1 aromatic heterocycles. The van der Waals surface area contributed by atoms with Gasteiger partial charge >= 0.3 is 6.18 Å². The van der Waals surface area contributed by atoms with Crippen molar-refractivity contribution < 1.29 is 22.4 Å². The van der Waals surface area contributed by atoms with E-state index in [0.717, 1.165) is 22.5 Å². The SMILES string of the molecule is N=C(N)N1CCCC1c1nc(-c2ccc(OCC=Cc3cccc(Br)c3)c(C(F)(F)F)c2)no1. The molecule has 0 amide bonds. The first-order valence-electron chi connectivity index (χ1n) is 10.4. The van der Waals surface area contributed by atoms with Gasteiger partial charge in [0.05, 0.1) is 5.56 Å². The van der Waals surface area contributed by atoms with Gasteiger partial charge in [-0.15, -0.1) is 0 Å². The first kappa shape index (κ1) is 23.8. The summed E-state index contributed by atoms with van der Waals surface area (Å²) >= 11 is 3.37. The van der Waals surface area contributed by atoms with Gasteiger partial charge in [-0.2, -0.15) is 18.2 Å². The Morgan fingerprint density at radius 3 is 2.85 bits per heavy atom. The van der Waals surface area contributed by atoms with Crippen molar-refractivity contribution in [1.29, 1.82) is 5.41 Å². The Morgan fingerprint density at radius 2 is 2.12 bits per heavy atom. The third-order valence-corrected chi connectivity index (χ3v) is 5.82. The number of hydrogen-bond donors (Lipinski definition) is 2. The molecule has 0 spiro atoms. The zero-order valence-corrected chi connectivity index (χ0v) is 19.4. The molecule has 0 saturated carbocycles. The van der Waals surface area contributed by atoms with Crippen molar-refractivity contribution in [3.63, 3.8) is 0 Å². The second-order valence-electron chi connectivity index (χ2n) is 7.67. The number of nitrogens with one attached hydrogen (secondary N) is 1. The molecular formula is C23H21BrF3N5O2. The van der Waals surface area contributed by atoms with E-state index in [-0.39, 0.29) is 41.6 Å². The van der Waals surface area contributed by atoms with E-state index in [9.17, 15) is 13.2 Å². The maximum absolute atomic E-state index is 13.7. The van der Waals surface area contributed by atoms with Crippen molar-refractivity contribution in [2.45, 2.75) is 25.1 Å². The van der Waals surface area contributed by atoms with E-state index < -0.39 is 11.7 Å². The summed E-state index contributed by atoms with van der Waals surface area (Å²) in [6, 6.07) is 10.8. The number of nitrogens with zero attached hydrogens (tertiary/aromatic N) is 3. The summed E-state index contributed by atoms with van der Waals surface area (Å²) in [5, 5.41) is 11.5. The van der Waals surface area contributed by atoms with Gasteiger partial charge in [-0.3, -0.25) is 5.41 Å². The normalized spacial score (nSPS) is 16.4. The minimum atomic E-state index is -4.64. The molecule has 1 atom stereocenters. The summed E-state index contributed by atoms with van der Waals surface area (Å²) in [6.07, 6.45) is 0.227. The van der Waals surface area contributed by atoms with Crippen LogP contribution in [0.25, 0.3) is 17.5 Å². The van der Waals surface area contributed by atoms with Crippen LogP contribution in [0.1, 0.15) is 35.9 Å². The number of guanidine groups is 1. The molecule has 1 aliphatic heterocycles. The fourth-order valence-electron chi connectivity index (χ4n) is 3.75. The number of likely N-dealkylation sites (tertiary alicyclic amines) is 1. The van der Waals surface area contributed by atoms with E-state index in [4.69, 9.17) is 20.4 Å². The highest BCUT2D eigenvalue weighted by Crippen LogP contribution is 2.39. The van der Waals surface area contributed by atoms with Gasteiger partial charge in [0.1, 0.15) is 18.4 Å². The van der Waals surface area contributed by atoms with Crippen LogP contribution in [-0.4, -0.2) is 34.2 Å². The van der Waals surface area contributed by atoms with Crippen molar-refractivity contribution in [3.05, 3.63) is 70.0 Å². The van der Waals surface area contributed by atoms with Gasteiger partial charge in [0.15, 0.2) is 5.96 Å². The molecule has 0 bridgehead atoms. The second-order valence-corrected chi connectivity index (χ2v) is 8.59. The molecule has 1 fully saturated rings. The molecule has 0 aliphatic carbocycles. The van der Waals surface area contributed by atoms with Crippen LogP contribution >= 0.6 is 15.9 Å². The summed E-state index contributed by atoms with van der Waals surface area (Å²) < 4.78 is 52.8. The summed E-state index contributed by atoms with van der Waals surface area (Å²) in [6.45, 7) is 0.543. The van der Waals surface area contributed by atoms with Crippen molar-refractivity contribution in [2.75, 3.05) is 13.2 Å². The Morgan fingerprint density at radius 1 is 1.29 bits per heavy atom. The molecule has 7 nitrogen and oxygen atoms in total. The van der Waals surface area contributed by atoms with Gasteiger partial charge in [0.2, 0.25) is 11.7 Å². The standard InChI is InChI=1S/C23H21BrF3N5O2/c24-16-6-1-4-14(12-16)5-3-11-33-19-9-8-15(13-17(19)23(25,26)27)20-30-21(34-31-20)18-7-2-10-32(18)22(28)29/h1,3-6,8-9,12-13,18H,2,7,10-11H2,(H3,28,29). The Hall–Kier alpha value is -3.34. The van der Waals surface area contributed by atoms with Crippen molar-refractivity contribution >= 4 is 28.0 Å². The predicted octanol–water partition coefficient (Wildman–Crippen LogP) is 5.64. The van der Waals surface area contributed by atoms with E-state index >= 15 is 0 Å². The average Bonchev–Trinajstić information content (AvgIpc) is 3.46. The van der Waals surface area contributed by atoms with Crippen LogP contribution in [0.5, 0.6) is 5.75 Å². The van der Waals surface area contributed by atoms with Crippen LogP contribution in [0.4, 0.5) is 13.2 Å². The molecule has 2 aromatic carbocycles. The number of benzene rings is 2. The number of ether oxygens (including phenoxy) is 1. The predicted molar refractivity (Wildman–Crippen MR) is 124 cm³/mol.